The number of carbonyl (C=O) groups is 2. The van der Waals surface area contributed by atoms with Gasteiger partial charge in [0.1, 0.15) is 5.56 Å². The summed E-state index contributed by atoms with van der Waals surface area (Å²) in [5, 5.41) is 7.50. The number of halogens is 2. The molecule has 0 saturated carbocycles. The van der Waals surface area contributed by atoms with Gasteiger partial charge in [0, 0.05) is 0 Å². The molecule has 6 nitrogen and oxygen atoms in total. The third-order valence-corrected chi connectivity index (χ3v) is 4.88. The average molecular weight is 418 g/mol. The molecule has 0 bridgehead atoms. The Morgan fingerprint density at radius 2 is 1.79 bits per heavy atom. The Labute approximate surface area is 172 Å². The van der Waals surface area contributed by atoms with E-state index < -0.39 is 18.5 Å². The van der Waals surface area contributed by atoms with Crippen LogP contribution in [0.15, 0.2) is 48.5 Å². The van der Waals surface area contributed by atoms with Gasteiger partial charge in [0.2, 0.25) is 0 Å². The molecule has 1 N–H and O–H groups in total. The molecule has 0 spiro atoms. The molecule has 0 aliphatic carbocycles. The van der Waals surface area contributed by atoms with Crippen molar-refractivity contribution in [2.75, 3.05) is 11.9 Å². The summed E-state index contributed by atoms with van der Waals surface area (Å²) >= 11 is 11.9. The lowest BCUT2D eigenvalue weighted by Gasteiger charge is -2.09. The largest absolute Gasteiger partial charge is 0.452 e. The first-order valence-electron chi connectivity index (χ1n) is 8.41. The normalized spacial score (nSPS) is 10.6. The highest BCUT2D eigenvalue weighted by Crippen LogP contribution is 2.29. The number of nitrogens with one attached hydrogen (secondary N) is 1. The third-order valence-electron chi connectivity index (χ3n) is 4.06. The molecule has 3 aromatic rings. The number of benzene rings is 2. The molecule has 2 aromatic carbocycles. The van der Waals surface area contributed by atoms with E-state index in [0.717, 1.165) is 5.69 Å². The van der Waals surface area contributed by atoms with E-state index in [9.17, 15) is 9.59 Å². The lowest BCUT2D eigenvalue weighted by atomic mass is 10.2. The van der Waals surface area contributed by atoms with Gasteiger partial charge >= 0.3 is 5.97 Å². The highest BCUT2D eigenvalue weighted by atomic mass is 35.5. The summed E-state index contributed by atoms with van der Waals surface area (Å²) < 4.78 is 6.83. The fourth-order valence-corrected chi connectivity index (χ4v) is 3.10. The van der Waals surface area contributed by atoms with Crippen molar-refractivity contribution in [3.63, 3.8) is 0 Å². The van der Waals surface area contributed by atoms with Crippen LogP contribution in [0.2, 0.25) is 10.0 Å². The van der Waals surface area contributed by atoms with Crippen LogP contribution in [0.25, 0.3) is 5.69 Å². The number of ether oxygens (including phenoxy) is 1. The van der Waals surface area contributed by atoms with Gasteiger partial charge in [0.25, 0.3) is 5.91 Å². The fourth-order valence-electron chi connectivity index (χ4n) is 2.75. The summed E-state index contributed by atoms with van der Waals surface area (Å²) in [7, 11) is 0. The molecule has 0 aliphatic rings. The lowest BCUT2D eigenvalue weighted by molar-refractivity contribution is -0.119. The summed E-state index contributed by atoms with van der Waals surface area (Å²) in [6.07, 6.45) is 0. The van der Waals surface area contributed by atoms with E-state index in [1.54, 1.807) is 36.7 Å². The lowest BCUT2D eigenvalue weighted by Crippen LogP contribution is -2.21. The molecular formula is C20H17Cl2N3O3. The first kappa shape index (κ1) is 19.9. The minimum Gasteiger partial charge on any atom is -0.452 e. The number of amides is 1. The van der Waals surface area contributed by atoms with E-state index in [1.165, 1.54) is 0 Å². The number of nitrogens with zero attached hydrogens (tertiary/aromatic N) is 2. The van der Waals surface area contributed by atoms with Crippen molar-refractivity contribution in [2.24, 2.45) is 0 Å². The van der Waals surface area contributed by atoms with Crippen LogP contribution >= 0.6 is 23.2 Å². The highest BCUT2D eigenvalue weighted by molar-refractivity contribution is 6.44. The van der Waals surface area contributed by atoms with Crippen LogP contribution < -0.4 is 5.32 Å². The summed E-state index contributed by atoms with van der Waals surface area (Å²) in [4.78, 5) is 24.6. The van der Waals surface area contributed by atoms with Crippen LogP contribution in [0.5, 0.6) is 0 Å². The number of esters is 1. The monoisotopic (exact) mass is 417 g/mol. The Bertz CT molecular complexity index is 1030. The Morgan fingerprint density at radius 1 is 1.07 bits per heavy atom. The molecule has 8 heteroatoms. The molecule has 0 atom stereocenters. The van der Waals surface area contributed by atoms with Crippen molar-refractivity contribution >= 4 is 40.8 Å². The molecule has 0 unspecified atom stereocenters. The second kappa shape index (κ2) is 8.46. The van der Waals surface area contributed by atoms with E-state index in [4.69, 9.17) is 27.9 Å². The van der Waals surface area contributed by atoms with Gasteiger partial charge < -0.3 is 10.1 Å². The second-order valence-electron chi connectivity index (χ2n) is 6.02. The van der Waals surface area contributed by atoms with Crippen molar-refractivity contribution in [3.05, 3.63) is 75.5 Å². The summed E-state index contributed by atoms with van der Waals surface area (Å²) in [5.74, 6) is -1.15. The molecule has 144 valence electrons. The summed E-state index contributed by atoms with van der Waals surface area (Å²) in [6, 6.07) is 14.3. The van der Waals surface area contributed by atoms with Crippen molar-refractivity contribution in [3.8, 4) is 5.69 Å². The first-order valence-corrected chi connectivity index (χ1v) is 9.16. The van der Waals surface area contributed by atoms with E-state index in [1.807, 2.05) is 30.3 Å². The number of hydrogen-bond acceptors (Lipinski definition) is 4. The van der Waals surface area contributed by atoms with Gasteiger partial charge in [-0.1, -0.05) is 47.5 Å². The molecule has 1 amide bonds. The zero-order valence-corrected chi connectivity index (χ0v) is 16.7. The summed E-state index contributed by atoms with van der Waals surface area (Å²) in [6.45, 7) is 3.03. The molecule has 28 heavy (non-hydrogen) atoms. The quantitative estimate of drug-likeness (QED) is 0.615. The molecule has 0 saturated heterocycles. The Hall–Kier alpha value is -2.83. The Kier molecular flexibility index (Phi) is 6.02. The predicted octanol–water partition coefficient (Wildman–Crippen LogP) is 4.59. The van der Waals surface area contributed by atoms with Crippen molar-refractivity contribution in [2.45, 2.75) is 13.8 Å². The first-order chi connectivity index (χ1) is 13.4. The SMILES string of the molecule is Cc1nn(-c2ccccc2)c(C)c1C(=O)OCC(=O)Nc1cccc(Cl)c1Cl. The minimum absolute atomic E-state index is 0.222. The summed E-state index contributed by atoms with van der Waals surface area (Å²) in [5.41, 5.74) is 2.66. The zero-order valence-electron chi connectivity index (χ0n) is 15.2. The second-order valence-corrected chi connectivity index (χ2v) is 6.80. The van der Waals surface area contributed by atoms with Crippen molar-refractivity contribution in [1.82, 2.24) is 9.78 Å². The number of anilines is 1. The Balaban J connectivity index is 1.69. The van der Waals surface area contributed by atoms with E-state index in [0.29, 0.717) is 27.7 Å². The number of hydrogen-bond donors (Lipinski definition) is 1. The van der Waals surface area contributed by atoms with Crippen LogP contribution in [0.3, 0.4) is 0 Å². The molecule has 0 fully saturated rings. The molecular weight excluding hydrogens is 401 g/mol. The number of para-hydroxylation sites is 1. The maximum atomic E-state index is 12.5. The van der Waals surface area contributed by atoms with Crippen LogP contribution in [0.4, 0.5) is 5.69 Å². The zero-order chi connectivity index (χ0) is 20.3. The van der Waals surface area contributed by atoms with Gasteiger partial charge in [-0.15, -0.1) is 0 Å². The van der Waals surface area contributed by atoms with Crippen molar-refractivity contribution < 1.29 is 14.3 Å². The maximum Gasteiger partial charge on any atom is 0.342 e. The van der Waals surface area contributed by atoms with Gasteiger partial charge in [-0.25, -0.2) is 9.48 Å². The van der Waals surface area contributed by atoms with Gasteiger partial charge in [-0.2, -0.15) is 5.10 Å². The fraction of sp³-hybridized carbons (Fsp3) is 0.150. The minimum atomic E-state index is -0.621. The van der Waals surface area contributed by atoms with Crippen molar-refractivity contribution in [1.29, 1.82) is 0 Å². The highest BCUT2D eigenvalue weighted by Gasteiger charge is 2.21. The molecule has 0 aliphatic heterocycles. The van der Waals surface area contributed by atoms with Gasteiger partial charge in [-0.05, 0) is 38.1 Å². The third kappa shape index (κ3) is 4.18. The maximum absolute atomic E-state index is 12.5. The van der Waals surface area contributed by atoms with Gasteiger partial charge in [0.05, 0.1) is 32.8 Å². The molecule has 1 heterocycles. The van der Waals surface area contributed by atoms with Gasteiger partial charge in [-0.3, -0.25) is 4.79 Å². The molecule has 3 rings (SSSR count). The number of aromatic nitrogens is 2. The van der Waals surface area contributed by atoms with Crippen LogP contribution in [0.1, 0.15) is 21.7 Å². The number of carbonyl (C=O) groups excluding carboxylic acids is 2. The molecule has 1 aromatic heterocycles. The standard InChI is InChI=1S/C20H17Cl2N3O3/c1-12-18(13(2)25(24-12)14-7-4-3-5-8-14)20(27)28-11-17(26)23-16-10-6-9-15(21)19(16)22/h3-10H,11H2,1-2H3,(H,23,26). The van der Waals surface area contributed by atoms with Crippen LogP contribution in [-0.4, -0.2) is 28.3 Å². The number of rotatable bonds is 5. The van der Waals surface area contributed by atoms with Crippen LogP contribution in [0, 0.1) is 13.8 Å². The molecule has 0 radical (unpaired) electrons. The Morgan fingerprint density at radius 3 is 2.50 bits per heavy atom. The van der Waals surface area contributed by atoms with E-state index >= 15 is 0 Å². The van der Waals surface area contributed by atoms with Gasteiger partial charge in [0.15, 0.2) is 6.61 Å². The predicted molar refractivity (Wildman–Crippen MR) is 108 cm³/mol. The van der Waals surface area contributed by atoms with E-state index in [2.05, 4.69) is 10.4 Å². The van der Waals surface area contributed by atoms with E-state index in [-0.39, 0.29) is 5.02 Å². The average Bonchev–Trinajstić information content (AvgIpc) is 2.98. The number of aryl methyl sites for hydroxylation is 1. The smallest absolute Gasteiger partial charge is 0.342 e. The van der Waals surface area contributed by atoms with Crippen LogP contribution in [-0.2, 0) is 9.53 Å². The topological polar surface area (TPSA) is 73.2 Å².